The molecular formula is C18H19N5S. The van der Waals surface area contributed by atoms with Crippen molar-refractivity contribution in [1.29, 1.82) is 10.5 Å². The third-order valence-corrected chi connectivity index (χ3v) is 4.01. The lowest BCUT2D eigenvalue weighted by Crippen LogP contribution is -2.28. The molecule has 0 saturated heterocycles. The largest absolute Gasteiger partial charge is 0.396 e. The van der Waals surface area contributed by atoms with Gasteiger partial charge in [-0.05, 0) is 30.7 Å². The van der Waals surface area contributed by atoms with Crippen molar-refractivity contribution < 1.29 is 0 Å². The van der Waals surface area contributed by atoms with Crippen LogP contribution in [0.1, 0.15) is 16.7 Å². The summed E-state index contributed by atoms with van der Waals surface area (Å²) in [5.74, 6) is 5.97. The standard InChI is InChI=1S/C18H19N5S/c1-3-5-6-14(4-2)12-23(22)13-17(21)18-8-7-16(24-18)9-15(10-19)11-20/h3-9,13H,1,12,21-22H2,2H3/b6-5-,14-4+,17-13-. The quantitative estimate of drug-likeness (QED) is 0.344. The summed E-state index contributed by atoms with van der Waals surface area (Å²) in [6, 6.07) is 7.29. The summed E-state index contributed by atoms with van der Waals surface area (Å²) < 4.78 is 0. The van der Waals surface area contributed by atoms with Gasteiger partial charge >= 0.3 is 0 Å². The zero-order valence-electron chi connectivity index (χ0n) is 13.4. The lowest BCUT2D eigenvalue weighted by molar-refractivity contribution is 0.432. The average molecular weight is 337 g/mol. The molecule has 0 radical (unpaired) electrons. The Morgan fingerprint density at radius 3 is 2.67 bits per heavy atom. The number of hydrogen-bond donors (Lipinski definition) is 2. The van der Waals surface area contributed by atoms with Crippen molar-refractivity contribution in [3.8, 4) is 12.1 Å². The van der Waals surface area contributed by atoms with E-state index in [1.807, 2.05) is 43.4 Å². The second-order valence-corrected chi connectivity index (χ2v) is 5.81. The third kappa shape index (κ3) is 5.98. The summed E-state index contributed by atoms with van der Waals surface area (Å²) >= 11 is 1.38. The summed E-state index contributed by atoms with van der Waals surface area (Å²) in [5, 5.41) is 19.1. The molecule has 0 unspecified atom stereocenters. The lowest BCUT2D eigenvalue weighted by Gasteiger charge is -2.15. The SMILES string of the molecule is C=C/C=C\C(=C/C)CN(N)/C=C(\N)c1ccc(C=C(C#N)C#N)s1. The summed E-state index contributed by atoms with van der Waals surface area (Å²) in [6.07, 6.45) is 10.6. The molecule has 0 aliphatic heterocycles. The van der Waals surface area contributed by atoms with E-state index in [2.05, 4.69) is 6.58 Å². The first-order valence-electron chi connectivity index (χ1n) is 7.09. The maximum absolute atomic E-state index is 8.78. The fourth-order valence-electron chi connectivity index (χ4n) is 1.75. The molecule has 1 heterocycles. The lowest BCUT2D eigenvalue weighted by atomic mass is 10.2. The molecule has 0 saturated carbocycles. The first kappa shape index (κ1) is 19.0. The Hall–Kier alpha value is -3.06. The van der Waals surface area contributed by atoms with Crippen LogP contribution in [0, 0.1) is 22.7 Å². The maximum atomic E-state index is 8.78. The molecular weight excluding hydrogens is 318 g/mol. The van der Waals surface area contributed by atoms with Crippen LogP contribution in [0.3, 0.4) is 0 Å². The van der Waals surface area contributed by atoms with E-state index in [0.717, 1.165) is 15.3 Å². The molecule has 5 nitrogen and oxygen atoms in total. The zero-order chi connectivity index (χ0) is 17.9. The highest BCUT2D eigenvalue weighted by molar-refractivity contribution is 7.14. The topological polar surface area (TPSA) is 103 Å². The van der Waals surface area contributed by atoms with Gasteiger partial charge in [-0.1, -0.05) is 30.9 Å². The molecule has 0 aliphatic rings. The Balaban J connectivity index is 2.87. The number of nitriles is 2. The van der Waals surface area contributed by atoms with Crippen LogP contribution in [0.15, 0.2) is 60.4 Å². The van der Waals surface area contributed by atoms with Crippen molar-refractivity contribution in [2.75, 3.05) is 6.54 Å². The van der Waals surface area contributed by atoms with Crippen LogP contribution in [0.2, 0.25) is 0 Å². The van der Waals surface area contributed by atoms with E-state index in [-0.39, 0.29) is 5.57 Å². The van der Waals surface area contributed by atoms with E-state index < -0.39 is 0 Å². The van der Waals surface area contributed by atoms with Crippen molar-refractivity contribution in [1.82, 2.24) is 5.01 Å². The van der Waals surface area contributed by atoms with Gasteiger partial charge in [-0.2, -0.15) is 10.5 Å². The van der Waals surface area contributed by atoms with E-state index >= 15 is 0 Å². The summed E-state index contributed by atoms with van der Waals surface area (Å²) in [6.45, 7) is 6.08. The van der Waals surface area contributed by atoms with Gasteiger partial charge in [0.2, 0.25) is 0 Å². The van der Waals surface area contributed by atoms with E-state index in [0.29, 0.717) is 12.2 Å². The van der Waals surface area contributed by atoms with Crippen molar-refractivity contribution in [2.24, 2.45) is 11.6 Å². The summed E-state index contributed by atoms with van der Waals surface area (Å²) in [4.78, 5) is 1.60. The number of allylic oxidation sites excluding steroid dienone is 4. The van der Waals surface area contributed by atoms with Crippen LogP contribution >= 0.6 is 11.3 Å². The number of hydrazine groups is 1. The first-order valence-corrected chi connectivity index (χ1v) is 7.90. The fraction of sp³-hybridized carbons (Fsp3) is 0.111. The monoisotopic (exact) mass is 337 g/mol. The van der Waals surface area contributed by atoms with E-state index in [9.17, 15) is 0 Å². The second-order valence-electron chi connectivity index (χ2n) is 4.70. The highest BCUT2D eigenvalue weighted by Crippen LogP contribution is 2.23. The Morgan fingerprint density at radius 2 is 2.08 bits per heavy atom. The van der Waals surface area contributed by atoms with Gasteiger partial charge in [-0.15, -0.1) is 11.3 Å². The van der Waals surface area contributed by atoms with E-state index in [4.69, 9.17) is 22.1 Å². The van der Waals surface area contributed by atoms with Gasteiger partial charge in [0.05, 0.1) is 17.1 Å². The summed E-state index contributed by atoms with van der Waals surface area (Å²) in [7, 11) is 0. The van der Waals surface area contributed by atoms with Crippen LogP contribution in [0.5, 0.6) is 0 Å². The number of nitrogens with zero attached hydrogens (tertiary/aromatic N) is 3. The predicted molar refractivity (Wildman–Crippen MR) is 99.7 cm³/mol. The zero-order valence-corrected chi connectivity index (χ0v) is 14.3. The van der Waals surface area contributed by atoms with Gasteiger partial charge in [0.25, 0.3) is 0 Å². The van der Waals surface area contributed by atoms with Gasteiger partial charge in [-0.3, -0.25) is 0 Å². The smallest absolute Gasteiger partial charge is 0.131 e. The Labute approximate surface area is 146 Å². The number of hydrogen-bond acceptors (Lipinski definition) is 6. The maximum Gasteiger partial charge on any atom is 0.131 e. The van der Waals surface area contributed by atoms with Gasteiger partial charge in [0.15, 0.2) is 0 Å². The third-order valence-electron chi connectivity index (χ3n) is 2.93. The minimum atomic E-state index is 0.0538. The molecule has 0 bridgehead atoms. The Bertz CT molecular complexity index is 765. The summed E-state index contributed by atoms with van der Waals surface area (Å²) in [5.41, 5.74) is 7.67. The first-order chi connectivity index (χ1) is 11.5. The molecule has 1 aromatic heterocycles. The fourth-order valence-corrected chi connectivity index (χ4v) is 2.62. The van der Waals surface area contributed by atoms with Crippen LogP contribution in [-0.4, -0.2) is 11.6 Å². The Morgan fingerprint density at radius 1 is 1.38 bits per heavy atom. The molecule has 0 atom stereocenters. The molecule has 122 valence electrons. The minimum Gasteiger partial charge on any atom is -0.396 e. The van der Waals surface area contributed by atoms with Crippen LogP contribution < -0.4 is 11.6 Å². The average Bonchev–Trinajstić information content (AvgIpc) is 3.05. The van der Waals surface area contributed by atoms with Crippen molar-refractivity contribution >= 4 is 23.1 Å². The number of thiophene rings is 1. The van der Waals surface area contributed by atoms with Gasteiger partial charge in [0.1, 0.15) is 17.7 Å². The van der Waals surface area contributed by atoms with E-state index in [1.165, 1.54) is 22.4 Å². The van der Waals surface area contributed by atoms with Crippen molar-refractivity contribution in [3.05, 3.63) is 70.1 Å². The van der Waals surface area contributed by atoms with Crippen molar-refractivity contribution in [2.45, 2.75) is 6.92 Å². The van der Waals surface area contributed by atoms with Crippen LogP contribution in [0.25, 0.3) is 11.8 Å². The number of rotatable bonds is 7. The van der Waals surface area contributed by atoms with E-state index in [1.54, 1.807) is 18.3 Å². The van der Waals surface area contributed by atoms with Gasteiger partial charge in [0, 0.05) is 11.1 Å². The molecule has 0 fully saturated rings. The highest BCUT2D eigenvalue weighted by atomic mass is 32.1. The minimum absolute atomic E-state index is 0.0538. The molecule has 0 aromatic carbocycles. The normalized spacial score (nSPS) is 11.7. The van der Waals surface area contributed by atoms with Crippen LogP contribution in [-0.2, 0) is 0 Å². The molecule has 6 heteroatoms. The molecule has 0 amide bonds. The molecule has 4 N–H and O–H groups in total. The van der Waals surface area contributed by atoms with Crippen LogP contribution in [0.4, 0.5) is 0 Å². The molecule has 1 aromatic rings. The highest BCUT2D eigenvalue weighted by Gasteiger charge is 2.05. The molecule has 0 spiro atoms. The van der Waals surface area contributed by atoms with Gasteiger partial charge in [-0.25, -0.2) is 5.84 Å². The predicted octanol–water partition coefficient (Wildman–Crippen LogP) is 3.30. The molecule has 24 heavy (non-hydrogen) atoms. The second kappa shape index (κ2) is 9.86. The number of nitrogens with two attached hydrogens (primary N) is 2. The molecule has 0 aliphatic carbocycles. The molecule has 1 rings (SSSR count). The van der Waals surface area contributed by atoms with Crippen molar-refractivity contribution in [3.63, 3.8) is 0 Å². The van der Waals surface area contributed by atoms with Gasteiger partial charge < -0.3 is 10.7 Å². The Kier molecular flexibility index (Phi) is 7.80.